The van der Waals surface area contributed by atoms with Crippen molar-refractivity contribution in [2.24, 2.45) is 0 Å². The van der Waals surface area contributed by atoms with Gasteiger partial charge in [-0.1, -0.05) is 18.2 Å². The van der Waals surface area contributed by atoms with Gasteiger partial charge in [-0.2, -0.15) is 0 Å². The average molecular weight is 434 g/mol. The van der Waals surface area contributed by atoms with E-state index in [-0.39, 0.29) is 18.0 Å². The molecule has 1 amide bonds. The van der Waals surface area contributed by atoms with E-state index < -0.39 is 0 Å². The first-order valence-electron chi connectivity index (χ1n) is 10.4. The number of benzene rings is 1. The molecule has 1 aromatic carbocycles. The maximum absolute atomic E-state index is 12.6. The first-order valence-corrected chi connectivity index (χ1v) is 10.8. The number of carbonyl (C=O) groups is 1. The fourth-order valence-corrected chi connectivity index (χ4v) is 4.54. The van der Waals surface area contributed by atoms with Crippen molar-refractivity contribution in [3.8, 4) is 0 Å². The highest BCUT2D eigenvalue weighted by molar-refractivity contribution is 7.80. The monoisotopic (exact) mass is 433 g/mol. The summed E-state index contributed by atoms with van der Waals surface area (Å²) in [4.78, 5) is 22.7. The van der Waals surface area contributed by atoms with Crippen LogP contribution in [0.25, 0.3) is 0 Å². The Hall–Kier alpha value is -3.19. The number of aromatic amines is 1. The van der Waals surface area contributed by atoms with Gasteiger partial charge in [0.2, 0.25) is 5.91 Å². The lowest BCUT2D eigenvalue weighted by atomic mass is 9.96. The number of aromatic nitrogens is 2. The topological polar surface area (TPSA) is 73.1 Å². The minimum Gasteiger partial charge on any atom is -0.362 e. The number of amides is 1. The molecular formula is C24H27N5OS. The molecule has 0 aliphatic carbocycles. The Morgan fingerprint density at radius 2 is 2.00 bits per heavy atom. The van der Waals surface area contributed by atoms with Crippen molar-refractivity contribution in [2.75, 3.05) is 11.9 Å². The maximum Gasteiger partial charge on any atom is 0.226 e. The molecule has 6 nitrogen and oxygen atoms in total. The largest absolute Gasteiger partial charge is 0.362 e. The number of nitrogens with zero attached hydrogens (tertiary/aromatic N) is 2. The minimum absolute atomic E-state index is 0.0320. The van der Waals surface area contributed by atoms with Crippen LogP contribution in [0.4, 0.5) is 5.69 Å². The highest BCUT2D eigenvalue weighted by Gasteiger charge is 2.40. The summed E-state index contributed by atoms with van der Waals surface area (Å²) >= 11 is 5.69. The number of pyridine rings is 1. The predicted octanol–water partition coefficient (Wildman–Crippen LogP) is 4.34. The van der Waals surface area contributed by atoms with Crippen LogP contribution < -0.4 is 10.6 Å². The number of hydrogen-bond donors (Lipinski definition) is 3. The first kappa shape index (κ1) is 21.1. The molecule has 160 valence electrons. The third-order valence-electron chi connectivity index (χ3n) is 5.59. The van der Waals surface area contributed by atoms with Gasteiger partial charge in [0, 0.05) is 36.2 Å². The molecule has 3 aromatic rings. The van der Waals surface area contributed by atoms with Gasteiger partial charge in [0.25, 0.3) is 0 Å². The van der Waals surface area contributed by atoms with E-state index in [1.165, 1.54) is 5.56 Å². The predicted molar refractivity (Wildman–Crippen MR) is 127 cm³/mol. The molecule has 1 aliphatic heterocycles. The Kier molecular flexibility index (Phi) is 6.04. The van der Waals surface area contributed by atoms with E-state index in [0.29, 0.717) is 18.1 Å². The van der Waals surface area contributed by atoms with Crippen LogP contribution in [-0.2, 0) is 4.79 Å². The summed E-state index contributed by atoms with van der Waals surface area (Å²) in [6, 6.07) is 15.7. The molecule has 1 fully saturated rings. The second-order valence-electron chi connectivity index (χ2n) is 8.02. The fraction of sp³-hybridized carbons (Fsp3) is 0.292. The van der Waals surface area contributed by atoms with Crippen molar-refractivity contribution in [1.82, 2.24) is 20.2 Å². The smallest absolute Gasteiger partial charge is 0.226 e. The lowest BCUT2D eigenvalue weighted by Gasteiger charge is -2.27. The van der Waals surface area contributed by atoms with Gasteiger partial charge < -0.3 is 20.5 Å². The minimum atomic E-state index is -0.0811. The molecular weight excluding hydrogens is 406 g/mol. The normalized spacial score (nSPS) is 18.2. The third-order valence-corrected chi connectivity index (χ3v) is 5.94. The number of carbonyl (C=O) groups excluding carboxylic acids is 1. The lowest BCUT2D eigenvalue weighted by Crippen LogP contribution is -2.32. The number of H-pyrrole nitrogens is 1. The van der Waals surface area contributed by atoms with E-state index in [1.807, 2.05) is 56.3 Å². The summed E-state index contributed by atoms with van der Waals surface area (Å²) in [6.45, 7) is 6.64. The zero-order valence-electron chi connectivity index (χ0n) is 18.0. The second kappa shape index (κ2) is 8.89. The van der Waals surface area contributed by atoms with E-state index in [0.717, 1.165) is 28.3 Å². The van der Waals surface area contributed by atoms with Crippen molar-refractivity contribution in [3.63, 3.8) is 0 Å². The average Bonchev–Trinajstić information content (AvgIpc) is 3.24. The highest BCUT2D eigenvalue weighted by atomic mass is 32.1. The van der Waals surface area contributed by atoms with Gasteiger partial charge in [0.1, 0.15) is 0 Å². The molecule has 3 heterocycles. The first-order chi connectivity index (χ1) is 14.9. The zero-order chi connectivity index (χ0) is 22.0. The number of hydrogen-bond acceptors (Lipinski definition) is 3. The summed E-state index contributed by atoms with van der Waals surface area (Å²) in [7, 11) is 0. The second-order valence-corrected chi connectivity index (χ2v) is 8.41. The molecule has 0 spiro atoms. The number of thiocarbonyl (C=S) groups is 1. The molecule has 2 atom stereocenters. The van der Waals surface area contributed by atoms with Gasteiger partial charge in [-0.3, -0.25) is 9.78 Å². The summed E-state index contributed by atoms with van der Waals surface area (Å²) in [5.41, 5.74) is 6.22. The van der Waals surface area contributed by atoms with E-state index in [1.54, 1.807) is 6.20 Å². The lowest BCUT2D eigenvalue weighted by molar-refractivity contribution is -0.116. The summed E-state index contributed by atoms with van der Waals surface area (Å²) in [5, 5.41) is 7.06. The highest BCUT2D eigenvalue weighted by Crippen LogP contribution is 2.40. The Balaban J connectivity index is 1.55. The van der Waals surface area contributed by atoms with Crippen molar-refractivity contribution in [1.29, 1.82) is 0 Å². The van der Waals surface area contributed by atoms with E-state index in [9.17, 15) is 4.79 Å². The Morgan fingerprint density at radius 3 is 2.68 bits per heavy atom. The number of nitrogens with one attached hydrogen (secondary N) is 3. The van der Waals surface area contributed by atoms with Crippen molar-refractivity contribution in [2.45, 2.75) is 39.3 Å². The SMILES string of the molecule is Cc1cccc(NC(=O)CCN2C(=S)N[C@@H](c3ccccn3)[C@@H]2c2cc(C)[nH]c2C)c1. The van der Waals surface area contributed by atoms with Crippen LogP contribution in [-0.4, -0.2) is 32.4 Å². The summed E-state index contributed by atoms with van der Waals surface area (Å²) < 4.78 is 0. The molecule has 0 saturated carbocycles. The number of anilines is 1. The van der Waals surface area contributed by atoms with Crippen LogP contribution in [0.1, 0.15) is 46.7 Å². The van der Waals surface area contributed by atoms with Crippen molar-refractivity contribution >= 4 is 28.9 Å². The molecule has 0 unspecified atom stereocenters. The third kappa shape index (κ3) is 4.61. The molecule has 3 N–H and O–H groups in total. The molecule has 4 rings (SSSR count). The van der Waals surface area contributed by atoms with Crippen molar-refractivity contribution < 1.29 is 4.79 Å². The van der Waals surface area contributed by atoms with Gasteiger partial charge in [0.15, 0.2) is 5.11 Å². The van der Waals surface area contributed by atoms with Gasteiger partial charge in [0.05, 0.1) is 17.8 Å². The standard InChI is InChI=1S/C24H27N5OS/c1-15-7-6-8-18(13-15)27-21(30)10-12-29-23(19-14-16(2)26-17(19)3)22(28-24(29)31)20-9-4-5-11-25-20/h4-9,11,13-14,22-23,26H,10,12H2,1-3H3,(H,27,30)(H,28,31)/t22-,23-/m0/s1. The molecule has 1 aliphatic rings. The molecule has 31 heavy (non-hydrogen) atoms. The van der Waals surface area contributed by atoms with Gasteiger partial charge in [-0.15, -0.1) is 0 Å². The summed E-state index contributed by atoms with van der Waals surface area (Å²) in [5.74, 6) is -0.0320. The fourth-order valence-electron chi connectivity index (χ4n) is 4.21. The van der Waals surface area contributed by atoms with Crippen LogP contribution in [0.5, 0.6) is 0 Å². The van der Waals surface area contributed by atoms with Crippen LogP contribution in [0.15, 0.2) is 54.7 Å². The van der Waals surface area contributed by atoms with Gasteiger partial charge in [-0.25, -0.2) is 0 Å². The van der Waals surface area contributed by atoms with Crippen LogP contribution in [0.3, 0.4) is 0 Å². The molecule has 0 radical (unpaired) electrons. The Labute approximate surface area is 188 Å². The molecule has 1 saturated heterocycles. The van der Waals surface area contributed by atoms with Gasteiger partial charge in [-0.05, 0) is 74.4 Å². The maximum atomic E-state index is 12.6. The number of aryl methyl sites for hydroxylation is 3. The number of rotatable bonds is 6. The van der Waals surface area contributed by atoms with Crippen LogP contribution in [0.2, 0.25) is 0 Å². The Morgan fingerprint density at radius 1 is 1.16 bits per heavy atom. The quantitative estimate of drug-likeness (QED) is 0.505. The molecule has 0 bridgehead atoms. The van der Waals surface area contributed by atoms with Crippen LogP contribution >= 0.6 is 12.2 Å². The van der Waals surface area contributed by atoms with Crippen molar-refractivity contribution in [3.05, 3.63) is 82.9 Å². The zero-order valence-corrected chi connectivity index (χ0v) is 18.8. The van der Waals surface area contributed by atoms with E-state index in [2.05, 4.69) is 38.5 Å². The summed E-state index contributed by atoms with van der Waals surface area (Å²) in [6.07, 6.45) is 2.13. The van der Waals surface area contributed by atoms with Gasteiger partial charge >= 0.3 is 0 Å². The molecule has 7 heteroatoms. The van der Waals surface area contributed by atoms with E-state index in [4.69, 9.17) is 12.2 Å². The Bertz CT molecular complexity index is 1090. The molecule has 2 aromatic heterocycles. The van der Waals surface area contributed by atoms with E-state index >= 15 is 0 Å². The van der Waals surface area contributed by atoms with Crippen LogP contribution in [0, 0.1) is 20.8 Å².